The number of amides is 2. The number of sulfone groups is 1. The molecule has 0 spiro atoms. The average Bonchev–Trinajstić information content (AvgIpc) is 3.40. The zero-order valence-corrected chi connectivity index (χ0v) is 19.2. The van der Waals surface area contributed by atoms with Crippen molar-refractivity contribution in [2.24, 2.45) is 5.92 Å². The predicted molar refractivity (Wildman–Crippen MR) is 121 cm³/mol. The summed E-state index contributed by atoms with van der Waals surface area (Å²) in [4.78, 5) is 26.9. The van der Waals surface area contributed by atoms with Crippen LogP contribution in [0.25, 0.3) is 0 Å². The molecule has 33 heavy (non-hydrogen) atoms. The SMILES string of the molecule is C[C@@H](CC(=O)NCc1ccc2c(c1)OCO2)S(=O)(=O)c1ccc2c(c1)CCN2C(=O)C1CC1. The van der Waals surface area contributed by atoms with Gasteiger partial charge in [-0.05, 0) is 67.6 Å². The number of carbonyl (C=O) groups is 2. The Morgan fingerprint density at radius 3 is 2.70 bits per heavy atom. The minimum atomic E-state index is -3.69. The third-order valence-electron chi connectivity index (χ3n) is 6.40. The van der Waals surface area contributed by atoms with E-state index in [9.17, 15) is 18.0 Å². The summed E-state index contributed by atoms with van der Waals surface area (Å²) < 4.78 is 36.8. The van der Waals surface area contributed by atoms with Crippen molar-refractivity contribution in [1.29, 1.82) is 0 Å². The van der Waals surface area contributed by atoms with E-state index in [-0.39, 0.29) is 42.4 Å². The second kappa shape index (κ2) is 8.37. The fourth-order valence-electron chi connectivity index (χ4n) is 4.26. The van der Waals surface area contributed by atoms with Crippen molar-refractivity contribution in [3.05, 3.63) is 47.5 Å². The molecule has 2 aliphatic heterocycles. The number of benzene rings is 2. The molecule has 5 rings (SSSR count). The molecule has 174 valence electrons. The molecule has 0 radical (unpaired) electrons. The lowest BCUT2D eigenvalue weighted by Crippen LogP contribution is -2.30. The first-order valence-corrected chi connectivity index (χ1v) is 12.7. The van der Waals surface area contributed by atoms with Crippen LogP contribution in [-0.4, -0.2) is 38.8 Å². The van der Waals surface area contributed by atoms with Crippen molar-refractivity contribution in [2.45, 2.75) is 49.3 Å². The van der Waals surface area contributed by atoms with Crippen LogP contribution >= 0.6 is 0 Å². The first-order valence-electron chi connectivity index (χ1n) is 11.2. The summed E-state index contributed by atoms with van der Waals surface area (Å²) in [7, 11) is -3.69. The Labute approximate surface area is 192 Å². The van der Waals surface area contributed by atoms with Gasteiger partial charge in [-0.1, -0.05) is 6.07 Å². The molecule has 8 nitrogen and oxygen atoms in total. The standard InChI is InChI=1S/C24H26N2O6S/c1-15(10-23(27)25-13-16-2-7-21-22(11-16)32-14-31-21)33(29,30)19-5-6-20-18(12-19)8-9-26(20)24(28)17-3-4-17/h2,5-7,11-12,15,17H,3-4,8-10,13-14H2,1H3,(H,25,27)/t15-/m0/s1. The maximum absolute atomic E-state index is 13.1. The normalized spacial score (nSPS) is 17.5. The van der Waals surface area contributed by atoms with E-state index in [1.807, 2.05) is 6.07 Å². The Bertz CT molecular complexity index is 1220. The van der Waals surface area contributed by atoms with Gasteiger partial charge in [0.15, 0.2) is 21.3 Å². The van der Waals surface area contributed by atoms with E-state index < -0.39 is 15.1 Å². The van der Waals surface area contributed by atoms with E-state index >= 15 is 0 Å². The summed E-state index contributed by atoms with van der Waals surface area (Å²) in [6, 6.07) is 10.3. The second-order valence-electron chi connectivity index (χ2n) is 8.83. The molecule has 0 aromatic heterocycles. The molecule has 0 bridgehead atoms. The van der Waals surface area contributed by atoms with Crippen molar-refractivity contribution in [3.8, 4) is 11.5 Å². The molecule has 9 heteroatoms. The average molecular weight is 471 g/mol. The summed E-state index contributed by atoms with van der Waals surface area (Å²) in [6.45, 7) is 2.58. The van der Waals surface area contributed by atoms with Crippen molar-refractivity contribution in [1.82, 2.24) is 5.32 Å². The van der Waals surface area contributed by atoms with Gasteiger partial charge in [0.1, 0.15) is 0 Å². The van der Waals surface area contributed by atoms with E-state index in [2.05, 4.69) is 5.32 Å². The Kier molecular flexibility index (Phi) is 5.52. The topological polar surface area (TPSA) is 102 Å². The lowest BCUT2D eigenvalue weighted by molar-refractivity contribution is -0.121. The molecule has 2 amide bonds. The molecular formula is C24H26N2O6S. The highest BCUT2D eigenvalue weighted by atomic mass is 32.2. The van der Waals surface area contributed by atoms with E-state index in [1.165, 1.54) is 0 Å². The van der Waals surface area contributed by atoms with Crippen molar-refractivity contribution in [3.63, 3.8) is 0 Å². The number of nitrogens with one attached hydrogen (secondary N) is 1. The number of rotatable bonds is 7. The van der Waals surface area contributed by atoms with Crippen LogP contribution in [0.3, 0.4) is 0 Å². The monoisotopic (exact) mass is 470 g/mol. The van der Waals surface area contributed by atoms with Gasteiger partial charge in [-0.15, -0.1) is 0 Å². The predicted octanol–water partition coefficient (Wildman–Crippen LogP) is 2.58. The molecule has 2 aromatic rings. The number of nitrogens with zero attached hydrogens (tertiary/aromatic N) is 1. The van der Waals surface area contributed by atoms with Crippen LogP contribution < -0.4 is 19.7 Å². The number of carbonyl (C=O) groups excluding carboxylic acids is 2. The van der Waals surface area contributed by atoms with Crippen molar-refractivity contribution >= 4 is 27.3 Å². The lowest BCUT2D eigenvalue weighted by Gasteiger charge is -2.18. The van der Waals surface area contributed by atoms with Crippen LogP contribution in [0.1, 0.15) is 37.3 Å². The van der Waals surface area contributed by atoms with Gasteiger partial charge >= 0.3 is 0 Å². The molecule has 0 saturated heterocycles. The lowest BCUT2D eigenvalue weighted by atomic mass is 10.2. The van der Waals surface area contributed by atoms with Crippen molar-refractivity contribution < 1.29 is 27.5 Å². The van der Waals surface area contributed by atoms with E-state index in [4.69, 9.17) is 9.47 Å². The highest BCUT2D eigenvalue weighted by molar-refractivity contribution is 7.92. The molecule has 3 aliphatic rings. The fraction of sp³-hybridized carbons (Fsp3) is 0.417. The number of hydrogen-bond donors (Lipinski definition) is 1. The van der Waals surface area contributed by atoms with E-state index in [0.29, 0.717) is 24.5 Å². The molecule has 1 atom stereocenters. The Hall–Kier alpha value is -3.07. The maximum atomic E-state index is 13.1. The minimum Gasteiger partial charge on any atom is -0.454 e. The first kappa shape index (κ1) is 21.8. The smallest absolute Gasteiger partial charge is 0.231 e. The summed E-state index contributed by atoms with van der Waals surface area (Å²) >= 11 is 0. The maximum Gasteiger partial charge on any atom is 0.231 e. The molecule has 1 fully saturated rings. The van der Waals surface area contributed by atoms with Gasteiger partial charge in [-0.2, -0.15) is 0 Å². The van der Waals surface area contributed by atoms with Gasteiger partial charge in [-0.3, -0.25) is 9.59 Å². The summed E-state index contributed by atoms with van der Waals surface area (Å²) in [5, 5.41) is 1.90. The third-order valence-corrected chi connectivity index (χ3v) is 8.53. The largest absolute Gasteiger partial charge is 0.454 e. The van der Waals surface area contributed by atoms with Crippen molar-refractivity contribution in [2.75, 3.05) is 18.2 Å². The summed E-state index contributed by atoms with van der Waals surface area (Å²) in [5.74, 6) is 1.21. The van der Waals surface area contributed by atoms with Crippen LogP contribution in [0.2, 0.25) is 0 Å². The molecule has 2 heterocycles. The highest BCUT2D eigenvalue weighted by Crippen LogP contribution is 2.37. The molecular weight excluding hydrogens is 444 g/mol. The van der Waals surface area contributed by atoms with Gasteiger partial charge in [0, 0.05) is 31.1 Å². The molecule has 0 unspecified atom stereocenters. The van der Waals surface area contributed by atoms with Gasteiger partial charge in [0.05, 0.1) is 10.1 Å². The Morgan fingerprint density at radius 2 is 1.91 bits per heavy atom. The molecule has 1 aliphatic carbocycles. The number of fused-ring (bicyclic) bond motifs is 2. The van der Waals surface area contributed by atoms with Gasteiger partial charge < -0.3 is 19.7 Å². The third kappa shape index (κ3) is 4.29. The second-order valence-corrected chi connectivity index (χ2v) is 11.2. The molecule has 2 aromatic carbocycles. The first-order chi connectivity index (χ1) is 15.8. The van der Waals surface area contributed by atoms with Crippen LogP contribution in [-0.2, 0) is 32.4 Å². The van der Waals surface area contributed by atoms with Crippen LogP contribution in [0.15, 0.2) is 41.3 Å². The number of anilines is 1. The van der Waals surface area contributed by atoms with Crippen LogP contribution in [0.5, 0.6) is 11.5 Å². The van der Waals surface area contributed by atoms with E-state index in [1.54, 1.807) is 42.2 Å². The van der Waals surface area contributed by atoms with Crippen LogP contribution in [0, 0.1) is 5.92 Å². The summed E-state index contributed by atoms with van der Waals surface area (Å²) in [5.41, 5.74) is 2.51. The Morgan fingerprint density at radius 1 is 1.12 bits per heavy atom. The van der Waals surface area contributed by atoms with Gasteiger partial charge in [-0.25, -0.2) is 8.42 Å². The number of hydrogen-bond acceptors (Lipinski definition) is 6. The molecule has 1 N–H and O–H groups in total. The zero-order chi connectivity index (χ0) is 23.2. The highest BCUT2D eigenvalue weighted by Gasteiger charge is 2.37. The van der Waals surface area contributed by atoms with E-state index in [0.717, 1.165) is 29.7 Å². The van der Waals surface area contributed by atoms with Crippen LogP contribution in [0.4, 0.5) is 5.69 Å². The fourth-order valence-corrected chi connectivity index (χ4v) is 5.66. The minimum absolute atomic E-state index is 0.121. The van der Waals surface area contributed by atoms with Gasteiger partial charge in [0.25, 0.3) is 0 Å². The summed E-state index contributed by atoms with van der Waals surface area (Å²) in [6.07, 6.45) is 2.37. The Balaban J connectivity index is 1.21. The molecule has 1 saturated carbocycles. The van der Waals surface area contributed by atoms with Gasteiger partial charge in [0.2, 0.25) is 18.6 Å². The quantitative estimate of drug-likeness (QED) is 0.667. The zero-order valence-electron chi connectivity index (χ0n) is 18.4. The number of ether oxygens (including phenoxy) is 2.